The molecule has 0 saturated carbocycles. The summed E-state index contributed by atoms with van der Waals surface area (Å²) < 4.78 is 0. The largest absolute Gasteiger partial charge is 0.397 e. The van der Waals surface area contributed by atoms with E-state index in [1.165, 1.54) is 7.11 Å². The molecule has 0 aliphatic rings. The lowest BCUT2D eigenvalue weighted by Crippen LogP contribution is -1.96. The van der Waals surface area contributed by atoms with Gasteiger partial charge >= 0.3 is 0 Å². The molecule has 1 aromatic heterocycles. The molecule has 0 bridgehead atoms. The van der Waals surface area contributed by atoms with Crippen LogP contribution in [0.1, 0.15) is 0 Å². The second-order valence-corrected chi connectivity index (χ2v) is 1.81. The van der Waals surface area contributed by atoms with Crippen molar-refractivity contribution in [1.82, 2.24) is 4.98 Å². The zero-order valence-electron chi connectivity index (χ0n) is 5.66. The molecule has 0 saturated heterocycles. The van der Waals surface area contributed by atoms with Crippen molar-refractivity contribution in [3.8, 4) is 0 Å². The Morgan fingerprint density at radius 3 is 3.00 bits per heavy atom. The van der Waals surface area contributed by atoms with Crippen molar-refractivity contribution >= 4 is 11.4 Å². The summed E-state index contributed by atoms with van der Waals surface area (Å²) in [6, 6.07) is 1.73. The van der Waals surface area contributed by atoms with E-state index in [4.69, 9.17) is 5.73 Å². The van der Waals surface area contributed by atoms with E-state index in [1.807, 2.05) is 0 Å². The molecule has 0 unspecified atom stereocenters. The summed E-state index contributed by atoms with van der Waals surface area (Å²) in [5.74, 6) is 0. The molecule has 1 rings (SSSR count). The predicted octanol–water partition coefficient (Wildman–Crippen LogP) is 0.637. The van der Waals surface area contributed by atoms with Crippen molar-refractivity contribution in [2.75, 3.05) is 18.3 Å². The van der Waals surface area contributed by atoms with Crippen LogP contribution < -0.4 is 11.2 Å². The lowest BCUT2D eigenvalue weighted by Gasteiger charge is -2.01. The van der Waals surface area contributed by atoms with Gasteiger partial charge in [-0.05, 0) is 6.07 Å². The number of nitrogens with zero attached hydrogens (tertiary/aromatic N) is 1. The van der Waals surface area contributed by atoms with E-state index in [-0.39, 0.29) is 0 Å². The number of nitrogens with two attached hydrogens (primary N) is 1. The van der Waals surface area contributed by atoms with E-state index in [0.29, 0.717) is 5.69 Å². The van der Waals surface area contributed by atoms with Gasteiger partial charge < -0.3 is 5.73 Å². The van der Waals surface area contributed by atoms with Crippen molar-refractivity contribution in [2.45, 2.75) is 0 Å². The third-order valence-electron chi connectivity index (χ3n) is 0.979. The van der Waals surface area contributed by atoms with E-state index in [2.05, 4.69) is 15.3 Å². The van der Waals surface area contributed by atoms with Gasteiger partial charge in [0.25, 0.3) is 0 Å². The Labute approximate surface area is 59.0 Å². The fraction of sp³-hybridized carbons (Fsp3) is 0.167. The van der Waals surface area contributed by atoms with Gasteiger partial charge in [-0.15, -0.1) is 0 Å². The average molecular weight is 139 g/mol. The van der Waals surface area contributed by atoms with E-state index in [9.17, 15) is 0 Å². The molecule has 0 spiro atoms. The average Bonchev–Trinajstić information content (AvgIpc) is 1.88. The van der Waals surface area contributed by atoms with E-state index >= 15 is 0 Å². The van der Waals surface area contributed by atoms with E-state index in [1.54, 1.807) is 18.5 Å². The van der Waals surface area contributed by atoms with Gasteiger partial charge in [-0.3, -0.25) is 15.3 Å². The predicted molar refractivity (Wildman–Crippen MR) is 39.3 cm³/mol. The Morgan fingerprint density at radius 1 is 1.60 bits per heavy atom. The number of nitrogens with one attached hydrogen (secondary N) is 1. The summed E-state index contributed by atoms with van der Waals surface area (Å²) in [6.45, 7) is 0. The first-order valence-electron chi connectivity index (χ1n) is 2.82. The molecule has 0 aromatic carbocycles. The van der Waals surface area contributed by atoms with Gasteiger partial charge in [0.05, 0.1) is 24.7 Å². The Morgan fingerprint density at radius 2 is 2.40 bits per heavy atom. The minimum absolute atomic E-state index is 0.613. The number of hydrogen-bond donors (Lipinski definition) is 2. The molecule has 0 amide bonds. The maximum absolute atomic E-state index is 5.43. The Bertz CT molecular complexity index is 214. The number of rotatable bonds is 2. The summed E-state index contributed by atoms with van der Waals surface area (Å²) in [5.41, 5.74) is 9.40. The van der Waals surface area contributed by atoms with Gasteiger partial charge in [-0.1, -0.05) is 0 Å². The Kier molecular flexibility index (Phi) is 2.07. The quantitative estimate of drug-likeness (QED) is 0.590. The Hall–Kier alpha value is -1.29. The molecule has 0 atom stereocenters. The van der Waals surface area contributed by atoms with Crippen LogP contribution in [0.5, 0.6) is 0 Å². The molecule has 0 aliphatic heterocycles. The molecule has 1 aromatic rings. The van der Waals surface area contributed by atoms with Crippen molar-refractivity contribution in [1.29, 1.82) is 0 Å². The maximum Gasteiger partial charge on any atom is 0.0808 e. The van der Waals surface area contributed by atoms with E-state index in [0.717, 1.165) is 5.69 Å². The van der Waals surface area contributed by atoms with Gasteiger partial charge in [0.2, 0.25) is 0 Å². The normalized spacial score (nSPS) is 9.30. The number of nitrogen functional groups attached to an aromatic ring is 1. The van der Waals surface area contributed by atoms with Crippen LogP contribution in [0.15, 0.2) is 18.5 Å². The fourth-order valence-electron chi connectivity index (χ4n) is 0.631. The highest BCUT2D eigenvalue weighted by atomic mass is 16.6. The molecular formula is C6H9N3O. The minimum atomic E-state index is 0.613. The molecule has 10 heavy (non-hydrogen) atoms. The van der Waals surface area contributed by atoms with Crippen molar-refractivity contribution in [3.63, 3.8) is 0 Å². The number of aromatic nitrogens is 1. The van der Waals surface area contributed by atoms with Gasteiger partial charge in [-0.25, -0.2) is 0 Å². The van der Waals surface area contributed by atoms with Crippen molar-refractivity contribution in [3.05, 3.63) is 18.5 Å². The minimum Gasteiger partial charge on any atom is -0.397 e. The first kappa shape index (κ1) is 6.82. The van der Waals surface area contributed by atoms with Crippen LogP contribution in [-0.2, 0) is 4.84 Å². The second-order valence-electron chi connectivity index (χ2n) is 1.81. The number of hydrogen-bond acceptors (Lipinski definition) is 4. The van der Waals surface area contributed by atoms with Crippen LogP contribution in [0.4, 0.5) is 11.4 Å². The molecule has 0 fully saturated rings. The molecule has 1 heterocycles. The highest BCUT2D eigenvalue weighted by Gasteiger charge is 1.89. The summed E-state index contributed by atoms with van der Waals surface area (Å²) in [5, 5.41) is 0. The van der Waals surface area contributed by atoms with Crippen LogP contribution in [0, 0.1) is 0 Å². The van der Waals surface area contributed by atoms with Crippen LogP contribution in [-0.4, -0.2) is 12.1 Å². The van der Waals surface area contributed by atoms with Crippen molar-refractivity contribution < 1.29 is 4.84 Å². The van der Waals surface area contributed by atoms with Gasteiger partial charge in [0, 0.05) is 6.20 Å². The highest BCUT2D eigenvalue weighted by Crippen LogP contribution is 2.08. The summed E-state index contributed by atoms with van der Waals surface area (Å²) in [4.78, 5) is 8.47. The molecule has 54 valence electrons. The Balaban J connectivity index is 2.75. The zero-order valence-corrected chi connectivity index (χ0v) is 5.66. The lowest BCUT2D eigenvalue weighted by atomic mass is 10.4. The fourth-order valence-corrected chi connectivity index (χ4v) is 0.631. The standard InChI is InChI=1S/C6H9N3O/c1-10-9-6-2-5(7)3-8-4-6/h2-4,9H,7H2,1H3. The topological polar surface area (TPSA) is 60.2 Å². The summed E-state index contributed by atoms with van der Waals surface area (Å²) in [7, 11) is 1.53. The highest BCUT2D eigenvalue weighted by molar-refractivity contribution is 5.49. The molecular weight excluding hydrogens is 130 g/mol. The van der Waals surface area contributed by atoms with Gasteiger partial charge in [0.15, 0.2) is 0 Å². The first-order chi connectivity index (χ1) is 4.83. The first-order valence-corrected chi connectivity index (χ1v) is 2.82. The molecule has 4 heteroatoms. The monoisotopic (exact) mass is 139 g/mol. The van der Waals surface area contributed by atoms with Gasteiger partial charge in [0.1, 0.15) is 0 Å². The van der Waals surface area contributed by atoms with Crippen LogP contribution in [0.3, 0.4) is 0 Å². The molecule has 4 nitrogen and oxygen atoms in total. The maximum atomic E-state index is 5.43. The second kappa shape index (κ2) is 3.03. The third kappa shape index (κ3) is 1.60. The van der Waals surface area contributed by atoms with Crippen LogP contribution >= 0.6 is 0 Å². The van der Waals surface area contributed by atoms with Crippen LogP contribution in [0.25, 0.3) is 0 Å². The number of pyridine rings is 1. The lowest BCUT2D eigenvalue weighted by molar-refractivity contribution is 0.271. The molecule has 0 radical (unpaired) electrons. The number of anilines is 2. The zero-order chi connectivity index (χ0) is 7.40. The smallest absolute Gasteiger partial charge is 0.0808 e. The summed E-state index contributed by atoms with van der Waals surface area (Å²) >= 11 is 0. The van der Waals surface area contributed by atoms with Crippen molar-refractivity contribution in [2.24, 2.45) is 0 Å². The summed E-state index contributed by atoms with van der Waals surface area (Å²) in [6.07, 6.45) is 3.20. The third-order valence-corrected chi connectivity index (χ3v) is 0.979. The van der Waals surface area contributed by atoms with Crippen LogP contribution in [0.2, 0.25) is 0 Å². The molecule has 0 aliphatic carbocycles. The SMILES string of the molecule is CONc1cncc(N)c1. The molecule has 3 N–H and O–H groups in total. The van der Waals surface area contributed by atoms with Gasteiger partial charge in [-0.2, -0.15) is 0 Å². The van der Waals surface area contributed by atoms with E-state index < -0.39 is 0 Å².